The number of amides is 1. The van der Waals surface area contributed by atoms with Crippen molar-refractivity contribution in [2.45, 2.75) is 40.7 Å². The largest absolute Gasteiger partial charge is 0.497 e. The van der Waals surface area contributed by atoms with Crippen molar-refractivity contribution in [3.05, 3.63) is 46.8 Å². The Balaban J connectivity index is 2.10. The van der Waals surface area contributed by atoms with Crippen molar-refractivity contribution >= 4 is 23.2 Å². The number of carbonyl (C=O) groups excluding carboxylic acids is 3. The normalized spacial score (nSPS) is 12.9. The highest BCUT2D eigenvalue weighted by Crippen LogP contribution is 2.19. The molecule has 2 rings (SSSR count). The van der Waals surface area contributed by atoms with Gasteiger partial charge in [0.05, 0.1) is 19.3 Å². The third kappa shape index (κ3) is 5.12. The lowest BCUT2D eigenvalue weighted by atomic mass is 10.0. The van der Waals surface area contributed by atoms with Crippen LogP contribution in [-0.2, 0) is 4.79 Å². The van der Waals surface area contributed by atoms with Crippen molar-refractivity contribution in [2.75, 3.05) is 25.5 Å². The Hall–Kier alpha value is -2.93. The molecule has 0 aliphatic heterocycles. The molecule has 0 saturated carbocycles. The monoisotopic (exact) mass is 400 g/mol. The van der Waals surface area contributed by atoms with E-state index in [0.29, 0.717) is 40.5 Å². The number of aryl methyl sites for hydroxylation is 1. The van der Waals surface area contributed by atoms with Gasteiger partial charge in [-0.2, -0.15) is 0 Å². The number of hydrogen-bond acceptors (Lipinski definition) is 4. The molecule has 0 fully saturated rings. The summed E-state index contributed by atoms with van der Waals surface area (Å²) >= 11 is 0. The quantitative estimate of drug-likeness (QED) is 0.561. The Morgan fingerprint density at radius 2 is 1.79 bits per heavy atom. The molecular weight excluding hydrogens is 370 g/mol. The number of aromatic amines is 1. The van der Waals surface area contributed by atoms with Crippen molar-refractivity contribution in [2.24, 2.45) is 0 Å². The van der Waals surface area contributed by atoms with E-state index < -0.39 is 6.04 Å². The standard InChI is InChI=1S/C22H29N3O4/c1-7-25(12-19(27)24-17-8-10-18(29-6)11-9-17)15(4)22(28)21-13(2)20(16(5)26)14(3)23-21/h8-11,15,23H,7,12H2,1-6H3,(H,24,27)/p+1/t15-/m0/s1. The van der Waals surface area contributed by atoms with E-state index in [4.69, 9.17) is 4.74 Å². The number of anilines is 1. The molecule has 0 radical (unpaired) electrons. The summed E-state index contributed by atoms with van der Waals surface area (Å²) in [5.41, 5.74) is 3.05. The van der Waals surface area contributed by atoms with Gasteiger partial charge in [-0.25, -0.2) is 0 Å². The van der Waals surface area contributed by atoms with Crippen LogP contribution in [0.1, 0.15) is 52.9 Å². The van der Waals surface area contributed by atoms with Crippen molar-refractivity contribution in [1.29, 1.82) is 0 Å². The fraction of sp³-hybridized carbons (Fsp3) is 0.409. The van der Waals surface area contributed by atoms with E-state index in [1.54, 1.807) is 45.2 Å². The summed E-state index contributed by atoms with van der Waals surface area (Å²) < 4.78 is 5.11. The van der Waals surface area contributed by atoms with Crippen molar-refractivity contribution in [1.82, 2.24) is 4.98 Å². The van der Waals surface area contributed by atoms with Crippen LogP contribution in [0, 0.1) is 13.8 Å². The van der Waals surface area contributed by atoms with Gasteiger partial charge in [-0.1, -0.05) is 0 Å². The number of aromatic nitrogens is 1. The molecule has 0 bridgehead atoms. The van der Waals surface area contributed by atoms with E-state index in [1.165, 1.54) is 6.92 Å². The summed E-state index contributed by atoms with van der Waals surface area (Å²) in [4.78, 5) is 41.3. The van der Waals surface area contributed by atoms with Gasteiger partial charge in [0.1, 0.15) is 5.75 Å². The number of nitrogens with one attached hydrogen (secondary N) is 3. The molecule has 3 N–H and O–H groups in total. The summed E-state index contributed by atoms with van der Waals surface area (Å²) in [6.07, 6.45) is 0. The minimum absolute atomic E-state index is 0.0680. The van der Waals surface area contributed by atoms with Crippen LogP contribution in [0.3, 0.4) is 0 Å². The first-order chi connectivity index (χ1) is 13.7. The zero-order chi connectivity index (χ0) is 21.7. The average Bonchev–Trinajstić information content (AvgIpc) is 2.99. The first-order valence-corrected chi connectivity index (χ1v) is 9.72. The van der Waals surface area contributed by atoms with Gasteiger partial charge >= 0.3 is 0 Å². The minimum Gasteiger partial charge on any atom is -0.497 e. The number of benzene rings is 1. The summed E-state index contributed by atoms with van der Waals surface area (Å²) in [7, 11) is 1.58. The second kappa shape index (κ2) is 9.52. The van der Waals surface area contributed by atoms with Crippen LogP contribution in [0.2, 0.25) is 0 Å². The SMILES string of the molecule is CC[NH+](CC(=O)Nc1ccc(OC)cc1)[C@@H](C)C(=O)c1[nH]c(C)c(C(C)=O)c1C. The molecule has 0 spiro atoms. The molecule has 0 aliphatic rings. The molecule has 0 saturated heterocycles. The summed E-state index contributed by atoms with van der Waals surface area (Å²) in [5.74, 6) is 0.369. The first-order valence-electron chi connectivity index (χ1n) is 9.72. The Morgan fingerprint density at radius 3 is 2.28 bits per heavy atom. The molecule has 7 nitrogen and oxygen atoms in total. The molecule has 29 heavy (non-hydrogen) atoms. The smallest absolute Gasteiger partial charge is 0.279 e. The second-order valence-electron chi connectivity index (χ2n) is 7.23. The number of Topliss-reactive ketones (excluding diaryl/α,β-unsaturated/α-hetero) is 2. The van der Waals surface area contributed by atoms with Crippen molar-refractivity contribution in [3.8, 4) is 5.75 Å². The van der Waals surface area contributed by atoms with Gasteiger partial charge in [-0.05, 0) is 64.4 Å². The predicted octanol–water partition coefficient (Wildman–Crippen LogP) is 1.96. The Labute approximate surface area is 171 Å². The topological polar surface area (TPSA) is 92.7 Å². The molecule has 2 atom stereocenters. The van der Waals surface area contributed by atoms with Gasteiger partial charge in [0.15, 0.2) is 18.4 Å². The van der Waals surface area contributed by atoms with E-state index in [0.717, 1.165) is 4.90 Å². The average molecular weight is 400 g/mol. The molecule has 156 valence electrons. The Bertz CT molecular complexity index is 900. The first kappa shape index (κ1) is 22.4. The number of methoxy groups -OCH3 is 1. The maximum Gasteiger partial charge on any atom is 0.279 e. The highest BCUT2D eigenvalue weighted by Gasteiger charge is 2.30. The number of H-pyrrole nitrogens is 1. The third-order valence-corrected chi connectivity index (χ3v) is 5.26. The number of ether oxygens (including phenoxy) is 1. The number of rotatable bonds is 9. The number of likely N-dealkylation sites (N-methyl/N-ethyl adjacent to an activating group) is 1. The summed E-state index contributed by atoms with van der Waals surface area (Å²) in [6.45, 7) is 9.58. The highest BCUT2D eigenvalue weighted by molar-refractivity contribution is 6.04. The lowest BCUT2D eigenvalue weighted by Gasteiger charge is -2.23. The lowest BCUT2D eigenvalue weighted by Crippen LogP contribution is -3.17. The zero-order valence-corrected chi connectivity index (χ0v) is 17.9. The van der Waals surface area contributed by atoms with Crippen LogP contribution < -0.4 is 15.0 Å². The fourth-order valence-corrected chi connectivity index (χ4v) is 3.60. The molecule has 2 aromatic rings. The molecule has 1 unspecified atom stereocenters. The number of hydrogen-bond donors (Lipinski definition) is 3. The highest BCUT2D eigenvalue weighted by atomic mass is 16.5. The van der Waals surface area contributed by atoms with E-state index >= 15 is 0 Å². The zero-order valence-electron chi connectivity index (χ0n) is 17.9. The molecule has 7 heteroatoms. The van der Waals surface area contributed by atoms with Crippen LogP contribution in [0.5, 0.6) is 5.75 Å². The molecule has 1 aromatic carbocycles. The molecule has 1 aromatic heterocycles. The van der Waals surface area contributed by atoms with Gasteiger partial charge in [-0.3, -0.25) is 14.4 Å². The van der Waals surface area contributed by atoms with E-state index in [9.17, 15) is 14.4 Å². The lowest BCUT2D eigenvalue weighted by molar-refractivity contribution is -0.903. The Morgan fingerprint density at radius 1 is 1.17 bits per heavy atom. The Kier molecular flexibility index (Phi) is 7.34. The minimum atomic E-state index is -0.432. The fourth-order valence-electron chi connectivity index (χ4n) is 3.60. The van der Waals surface area contributed by atoms with E-state index in [2.05, 4.69) is 10.3 Å². The van der Waals surface area contributed by atoms with Gasteiger partial charge in [0.25, 0.3) is 5.91 Å². The predicted molar refractivity (Wildman–Crippen MR) is 112 cm³/mol. The third-order valence-electron chi connectivity index (χ3n) is 5.26. The summed E-state index contributed by atoms with van der Waals surface area (Å²) in [6, 6.07) is 6.65. The number of carbonyl (C=O) groups is 3. The van der Waals surface area contributed by atoms with Crippen LogP contribution >= 0.6 is 0 Å². The molecule has 1 heterocycles. The van der Waals surface area contributed by atoms with E-state index in [1.807, 2.05) is 13.8 Å². The van der Waals surface area contributed by atoms with Crippen LogP contribution in [-0.4, -0.2) is 48.7 Å². The van der Waals surface area contributed by atoms with Gasteiger partial charge in [0.2, 0.25) is 5.78 Å². The van der Waals surface area contributed by atoms with E-state index in [-0.39, 0.29) is 24.0 Å². The maximum absolute atomic E-state index is 13.1. The van der Waals surface area contributed by atoms with Crippen LogP contribution in [0.4, 0.5) is 5.69 Å². The van der Waals surface area contributed by atoms with Gasteiger partial charge in [-0.15, -0.1) is 0 Å². The number of quaternary nitrogens is 1. The van der Waals surface area contributed by atoms with Crippen LogP contribution in [0.15, 0.2) is 24.3 Å². The van der Waals surface area contributed by atoms with Crippen molar-refractivity contribution in [3.63, 3.8) is 0 Å². The molecule has 1 amide bonds. The summed E-state index contributed by atoms with van der Waals surface area (Å²) in [5, 5.41) is 2.85. The van der Waals surface area contributed by atoms with Gasteiger partial charge in [0, 0.05) is 16.9 Å². The second-order valence-corrected chi connectivity index (χ2v) is 7.23. The maximum atomic E-state index is 13.1. The number of ketones is 2. The van der Waals surface area contributed by atoms with Gasteiger partial charge < -0.3 is 19.9 Å². The van der Waals surface area contributed by atoms with Crippen LogP contribution in [0.25, 0.3) is 0 Å². The van der Waals surface area contributed by atoms with Crippen molar-refractivity contribution < 1.29 is 24.0 Å². The molecule has 0 aliphatic carbocycles. The molecular formula is C22H30N3O4+.